The molecule has 0 aliphatic rings. The molecule has 5 heteroatoms. The van der Waals surface area contributed by atoms with Crippen LogP contribution in [0.5, 0.6) is 0 Å². The van der Waals surface area contributed by atoms with Crippen molar-refractivity contribution < 1.29 is 15.3 Å². The first kappa shape index (κ1) is 17.9. The van der Waals surface area contributed by atoms with Gasteiger partial charge in [0.05, 0.1) is 18.3 Å². The first-order valence-corrected chi connectivity index (χ1v) is 4.68. The van der Waals surface area contributed by atoms with Crippen LogP contribution in [0.4, 0.5) is 0 Å². The zero-order valence-electron chi connectivity index (χ0n) is 8.64. The summed E-state index contributed by atoms with van der Waals surface area (Å²) in [6.45, 7) is 6.52. The van der Waals surface area contributed by atoms with Crippen LogP contribution in [0.2, 0.25) is 0 Å². The summed E-state index contributed by atoms with van der Waals surface area (Å²) in [4.78, 5) is 1.85. The molecule has 0 rings (SSSR count). The molecule has 0 saturated carbocycles. The number of hydrogen-bond donors (Lipinski definition) is 3. The van der Waals surface area contributed by atoms with E-state index in [9.17, 15) is 0 Å². The maximum atomic E-state index is 9.14. The molecule has 0 fully saturated rings. The first-order valence-electron chi connectivity index (χ1n) is 4.68. The number of nitrogens with zero attached hydrogens (tertiary/aromatic N) is 1. The van der Waals surface area contributed by atoms with Crippen molar-refractivity contribution in [1.29, 1.82) is 0 Å². The molecule has 3 unspecified atom stereocenters. The van der Waals surface area contributed by atoms with Gasteiger partial charge < -0.3 is 15.3 Å². The Labute approximate surface area is 129 Å². The molecule has 4 nitrogen and oxygen atoms in total. The van der Waals surface area contributed by atoms with Gasteiger partial charge in [-0.1, -0.05) is 0 Å². The zero-order valence-corrected chi connectivity index (χ0v) is 8.64. The normalized spacial score (nSPS) is 17.4. The van der Waals surface area contributed by atoms with Crippen molar-refractivity contribution in [3.05, 3.63) is 0 Å². The van der Waals surface area contributed by atoms with Gasteiger partial charge in [-0.05, 0) is 20.8 Å². The van der Waals surface area contributed by atoms with Gasteiger partial charge in [-0.2, -0.15) is 0 Å². The molecular formula is C9H22KNO3. The van der Waals surface area contributed by atoms with Gasteiger partial charge in [0.1, 0.15) is 0 Å². The fourth-order valence-corrected chi connectivity index (χ4v) is 1.34. The van der Waals surface area contributed by atoms with E-state index in [4.69, 9.17) is 15.3 Å². The number of rotatable bonds is 6. The third-order valence-corrected chi connectivity index (χ3v) is 1.57. The van der Waals surface area contributed by atoms with E-state index in [0.29, 0.717) is 19.6 Å². The standard InChI is InChI=1S/C9H21NO3.K.H/c1-7(11)4-10(5-8(2)12)6-9(3)13;;/h7-9,11-13H,4-6H2,1-3H3;;. The summed E-state index contributed by atoms with van der Waals surface area (Å²) < 4.78 is 0. The van der Waals surface area contributed by atoms with E-state index in [-0.39, 0.29) is 51.4 Å². The Balaban J connectivity index is 0. The molecule has 14 heavy (non-hydrogen) atoms. The van der Waals surface area contributed by atoms with Gasteiger partial charge in [0.15, 0.2) is 0 Å². The Morgan fingerprint density at radius 2 is 1.00 bits per heavy atom. The van der Waals surface area contributed by atoms with E-state index in [1.165, 1.54) is 0 Å². The summed E-state index contributed by atoms with van der Waals surface area (Å²) in [6, 6.07) is 0. The molecule has 82 valence electrons. The maximum absolute atomic E-state index is 9.14. The second-order valence-corrected chi connectivity index (χ2v) is 3.77. The summed E-state index contributed by atoms with van der Waals surface area (Å²) in [6.07, 6.45) is -1.30. The quantitative estimate of drug-likeness (QED) is 0.502. The van der Waals surface area contributed by atoms with Crippen molar-refractivity contribution >= 4 is 51.4 Å². The SMILES string of the molecule is CC(O)CN(CC(C)O)CC(C)O.[KH]. The van der Waals surface area contributed by atoms with Crippen molar-refractivity contribution in [2.24, 2.45) is 0 Å². The topological polar surface area (TPSA) is 63.9 Å². The second-order valence-electron chi connectivity index (χ2n) is 3.77. The Bertz CT molecular complexity index is 107. The van der Waals surface area contributed by atoms with E-state index >= 15 is 0 Å². The molecule has 0 aromatic carbocycles. The van der Waals surface area contributed by atoms with Crippen LogP contribution in [-0.2, 0) is 0 Å². The van der Waals surface area contributed by atoms with E-state index in [0.717, 1.165) is 0 Å². The average Bonchev–Trinajstić information content (AvgIpc) is 1.80. The van der Waals surface area contributed by atoms with Crippen LogP contribution in [0.25, 0.3) is 0 Å². The monoisotopic (exact) mass is 231 g/mol. The van der Waals surface area contributed by atoms with Gasteiger partial charge >= 0.3 is 51.4 Å². The predicted molar refractivity (Wildman–Crippen MR) is 58.6 cm³/mol. The molecule has 0 aromatic rings. The van der Waals surface area contributed by atoms with Crippen LogP contribution in [0.1, 0.15) is 20.8 Å². The molecule has 0 spiro atoms. The van der Waals surface area contributed by atoms with Crippen molar-refractivity contribution in [2.45, 2.75) is 39.1 Å². The number of aliphatic hydroxyl groups is 3. The average molecular weight is 231 g/mol. The summed E-state index contributed by atoms with van der Waals surface area (Å²) in [7, 11) is 0. The summed E-state index contributed by atoms with van der Waals surface area (Å²) in [5, 5.41) is 27.4. The summed E-state index contributed by atoms with van der Waals surface area (Å²) in [5.41, 5.74) is 0. The third-order valence-electron chi connectivity index (χ3n) is 1.57. The van der Waals surface area contributed by atoms with Crippen molar-refractivity contribution in [3.8, 4) is 0 Å². The van der Waals surface area contributed by atoms with Crippen molar-refractivity contribution in [3.63, 3.8) is 0 Å². The van der Waals surface area contributed by atoms with Crippen LogP contribution < -0.4 is 0 Å². The van der Waals surface area contributed by atoms with Gasteiger partial charge in [-0.3, -0.25) is 4.90 Å². The van der Waals surface area contributed by atoms with E-state index < -0.39 is 18.3 Å². The fourth-order valence-electron chi connectivity index (χ4n) is 1.34. The number of hydrogen-bond acceptors (Lipinski definition) is 4. The molecular weight excluding hydrogens is 209 g/mol. The minimum absolute atomic E-state index is 0. The molecule has 0 bridgehead atoms. The van der Waals surface area contributed by atoms with Crippen LogP contribution in [0, 0.1) is 0 Å². The van der Waals surface area contributed by atoms with Crippen molar-refractivity contribution in [1.82, 2.24) is 4.90 Å². The predicted octanol–water partition coefficient (Wildman–Crippen LogP) is -1.22. The zero-order chi connectivity index (χ0) is 10.4. The third kappa shape index (κ3) is 11.6. The molecule has 0 saturated heterocycles. The molecule has 0 aliphatic heterocycles. The van der Waals surface area contributed by atoms with Crippen molar-refractivity contribution in [2.75, 3.05) is 19.6 Å². The Hall–Kier alpha value is 1.48. The Kier molecular flexibility index (Phi) is 12.4. The molecule has 0 aliphatic carbocycles. The number of aliphatic hydroxyl groups excluding tert-OH is 3. The molecule has 0 aromatic heterocycles. The minimum atomic E-state index is -0.433. The molecule has 3 N–H and O–H groups in total. The summed E-state index contributed by atoms with van der Waals surface area (Å²) in [5.74, 6) is 0. The van der Waals surface area contributed by atoms with E-state index in [1.807, 2.05) is 4.90 Å². The molecule has 0 amide bonds. The van der Waals surface area contributed by atoms with E-state index in [1.54, 1.807) is 20.8 Å². The first-order chi connectivity index (χ1) is 5.91. The van der Waals surface area contributed by atoms with Gasteiger partial charge in [-0.25, -0.2) is 0 Å². The molecule has 3 atom stereocenters. The van der Waals surface area contributed by atoms with Crippen LogP contribution in [-0.4, -0.2) is 110 Å². The van der Waals surface area contributed by atoms with Gasteiger partial charge in [0, 0.05) is 19.6 Å². The Morgan fingerprint density at radius 1 is 0.786 bits per heavy atom. The second kappa shape index (κ2) is 9.68. The molecule has 0 heterocycles. The van der Waals surface area contributed by atoms with Crippen LogP contribution >= 0.6 is 0 Å². The van der Waals surface area contributed by atoms with Gasteiger partial charge in [0.2, 0.25) is 0 Å². The fraction of sp³-hybridized carbons (Fsp3) is 1.00. The Morgan fingerprint density at radius 3 is 1.14 bits per heavy atom. The van der Waals surface area contributed by atoms with E-state index in [2.05, 4.69) is 0 Å². The summed E-state index contributed by atoms with van der Waals surface area (Å²) >= 11 is 0. The van der Waals surface area contributed by atoms with Gasteiger partial charge in [-0.15, -0.1) is 0 Å². The van der Waals surface area contributed by atoms with Crippen LogP contribution in [0.15, 0.2) is 0 Å². The van der Waals surface area contributed by atoms with Gasteiger partial charge in [0.25, 0.3) is 0 Å². The van der Waals surface area contributed by atoms with Crippen LogP contribution in [0.3, 0.4) is 0 Å². The molecule has 0 radical (unpaired) electrons.